The zero-order chi connectivity index (χ0) is 16.6. The molecule has 3 rings (SSSR count). The minimum absolute atomic E-state index is 0.232. The van der Waals surface area contributed by atoms with Crippen LogP contribution in [0.15, 0.2) is 73.2 Å². The summed E-state index contributed by atoms with van der Waals surface area (Å²) in [5.74, 6) is 0. The maximum absolute atomic E-state index is 11.9. The minimum atomic E-state index is -0.232. The Morgan fingerprint density at radius 1 is 0.958 bits per heavy atom. The van der Waals surface area contributed by atoms with Crippen molar-refractivity contribution >= 4 is 11.7 Å². The van der Waals surface area contributed by atoms with Crippen molar-refractivity contribution in [1.29, 1.82) is 0 Å². The van der Waals surface area contributed by atoms with E-state index < -0.39 is 0 Å². The standard InChI is InChI=1S/C19H18N4O/c24-19(21-13-8-15-4-2-1-3-5-15)23-17-6-7-18(22-14-17)16-9-11-20-12-10-16/h1-7,9-12,14H,8,13H2,(H2,21,23,24). The van der Waals surface area contributed by atoms with Gasteiger partial charge in [0.2, 0.25) is 0 Å². The lowest BCUT2D eigenvalue weighted by molar-refractivity contribution is 0.252. The fourth-order valence-corrected chi connectivity index (χ4v) is 2.30. The van der Waals surface area contributed by atoms with Crippen molar-refractivity contribution in [3.8, 4) is 11.3 Å². The topological polar surface area (TPSA) is 66.9 Å². The maximum Gasteiger partial charge on any atom is 0.319 e. The fraction of sp³-hybridized carbons (Fsp3) is 0.105. The summed E-state index contributed by atoms with van der Waals surface area (Å²) < 4.78 is 0. The Labute approximate surface area is 140 Å². The van der Waals surface area contributed by atoms with Crippen LogP contribution >= 0.6 is 0 Å². The van der Waals surface area contributed by atoms with E-state index in [1.54, 1.807) is 18.6 Å². The van der Waals surface area contributed by atoms with Gasteiger partial charge in [-0.2, -0.15) is 0 Å². The van der Waals surface area contributed by atoms with Crippen LogP contribution in [-0.2, 0) is 6.42 Å². The molecule has 0 aliphatic heterocycles. The van der Waals surface area contributed by atoms with Crippen molar-refractivity contribution in [2.24, 2.45) is 0 Å². The van der Waals surface area contributed by atoms with Crippen molar-refractivity contribution in [3.63, 3.8) is 0 Å². The summed E-state index contributed by atoms with van der Waals surface area (Å²) in [5, 5.41) is 5.62. The molecule has 0 fully saturated rings. The van der Waals surface area contributed by atoms with Crippen molar-refractivity contribution in [1.82, 2.24) is 15.3 Å². The number of amides is 2. The molecule has 1 aromatic carbocycles. The summed E-state index contributed by atoms with van der Waals surface area (Å²) in [6.45, 7) is 0.582. The number of aromatic nitrogens is 2. The zero-order valence-corrected chi connectivity index (χ0v) is 13.1. The first kappa shape index (κ1) is 15.7. The SMILES string of the molecule is O=C(NCCc1ccccc1)Nc1ccc(-c2ccncc2)nc1. The largest absolute Gasteiger partial charge is 0.338 e. The second-order valence-electron chi connectivity index (χ2n) is 5.28. The molecule has 3 aromatic rings. The summed E-state index contributed by atoms with van der Waals surface area (Å²) in [6, 6.07) is 17.3. The van der Waals surface area contributed by atoms with Gasteiger partial charge in [0.05, 0.1) is 17.6 Å². The molecule has 5 heteroatoms. The van der Waals surface area contributed by atoms with Gasteiger partial charge in [-0.25, -0.2) is 4.79 Å². The molecule has 0 spiro atoms. The van der Waals surface area contributed by atoms with Crippen molar-refractivity contribution in [2.45, 2.75) is 6.42 Å². The van der Waals surface area contributed by atoms with Gasteiger partial charge < -0.3 is 10.6 Å². The molecule has 2 amide bonds. The van der Waals surface area contributed by atoms with Gasteiger partial charge in [-0.15, -0.1) is 0 Å². The normalized spacial score (nSPS) is 10.2. The molecule has 0 saturated carbocycles. The fourth-order valence-electron chi connectivity index (χ4n) is 2.30. The average Bonchev–Trinajstić information content (AvgIpc) is 2.64. The molecule has 2 aromatic heterocycles. The Morgan fingerprint density at radius 3 is 2.46 bits per heavy atom. The summed E-state index contributed by atoms with van der Waals surface area (Å²) >= 11 is 0. The molecular weight excluding hydrogens is 300 g/mol. The van der Waals surface area contributed by atoms with Gasteiger partial charge in [0.1, 0.15) is 0 Å². The van der Waals surface area contributed by atoms with Crippen LogP contribution in [0.1, 0.15) is 5.56 Å². The van der Waals surface area contributed by atoms with Gasteiger partial charge in [-0.05, 0) is 36.2 Å². The summed E-state index contributed by atoms with van der Waals surface area (Å²) in [5.41, 5.74) is 3.68. The van der Waals surface area contributed by atoms with Crippen LogP contribution in [-0.4, -0.2) is 22.5 Å². The van der Waals surface area contributed by atoms with Crippen LogP contribution < -0.4 is 10.6 Å². The average molecular weight is 318 g/mol. The molecule has 5 nitrogen and oxygen atoms in total. The monoisotopic (exact) mass is 318 g/mol. The lowest BCUT2D eigenvalue weighted by atomic mass is 10.1. The predicted octanol–water partition coefficient (Wildman–Crippen LogP) is 3.51. The van der Waals surface area contributed by atoms with Gasteiger partial charge >= 0.3 is 6.03 Å². The number of hydrogen-bond donors (Lipinski definition) is 2. The number of urea groups is 1. The Hall–Kier alpha value is -3.21. The Kier molecular flexibility index (Phi) is 5.14. The first-order valence-corrected chi connectivity index (χ1v) is 7.76. The second-order valence-corrected chi connectivity index (χ2v) is 5.28. The quantitative estimate of drug-likeness (QED) is 0.756. The number of nitrogens with zero attached hydrogens (tertiary/aromatic N) is 2. The second kappa shape index (κ2) is 7.87. The Morgan fingerprint density at radius 2 is 1.75 bits per heavy atom. The van der Waals surface area contributed by atoms with Crippen LogP contribution in [0.5, 0.6) is 0 Å². The smallest absolute Gasteiger partial charge is 0.319 e. The van der Waals surface area contributed by atoms with E-state index in [4.69, 9.17) is 0 Å². The van der Waals surface area contributed by atoms with E-state index >= 15 is 0 Å². The number of pyridine rings is 2. The highest BCUT2D eigenvalue weighted by atomic mass is 16.2. The number of carbonyl (C=O) groups is 1. The number of benzene rings is 1. The Bertz CT molecular complexity index is 773. The molecule has 0 bridgehead atoms. The Balaban J connectivity index is 1.49. The maximum atomic E-state index is 11.9. The van der Waals surface area contributed by atoms with E-state index in [1.165, 1.54) is 5.56 Å². The van der Waals surface area contributed by atoms with Gasteiger partial charge in [-0.1, -0.05) is 30.3 Å². The number of hydrogen-bond acceptors (Lipinski definition) is 3. The minimum Gasteiger partial charge on any atom is -0.338 e. The molecule has 0 aliphatic carbocycles. The van der Waals surface area contributed by atoms with Crippen LogP contribution in [0.25, 0.3) is 11.3 Å². The summed E-state index contributed by atoms with van der Waals surface area (Å²) in [6.07, 6.45) is 5.90. The number of nitrogens with one attached hydrogen (secondary N) is 2. The van der Waals surface area contributed by atoms with Gasteiger partial charge in [0.15, 0.2) is 0 Å². The van der Waals surface area contributed by atoms with Crippen LogP contribution in [0, 0.1) is 0 Å². The molecule has 0 unspecified atom stereocenters. The van der Waals surface area contributed by atoms with Crippen molar-refractivity contribution in [3.05, 3.63) is 78.8 Å². The predicted molar refractivity (Wildman–Crippen MR) is 94.6 cm³/mol. The highest BCUT2D eigenvalue weighted by Crippen LogP contribution is 2.17. The molecule has 24 heavy (non-hydrogen) atoms. The van der Waals surface area contributed by atoms with Gasteiger partial charge in [0, 0.05) is 24.5 Å². The molecule has 0 atom stereocenters. The first-order chi connectivity index (χ1) is 11.8. The van der Waals surface area contributed by atoms with Crippen molar-refractivity contribution < 1.29 is 4.79 Å². The zero-order valence-electron chi connectivity index (χ0n) is 13.1. The van der Waals surface area contributed by atoms with E-state index in [0.717, 1.165) is 17.7 Å². The highest BCUT2D eigenvalue weighted by molar-refractivity contribution is 5.89. The highest BCUT2D eigenvalue weighted by Gasteiger charge is 2.03. The van der Waals surface area contributed by atoms with Crippen molar-refractivity contribution in [2.75, 3.05) is 11.9 Å². The van der Waals surface area contributed by atoms with Crippen LogP contribution in [0.3, 0.4) is 0 Å². The van der Waals surface area contributed by atoms with E-state index in [1.807, 2.05) is 54.6 Å². The number of rotatable bonds is 5. The van der Waals surface area contributed by atoms with Crippen LogP contribution in [0.2, 0.25) is 0 Å². The van der Waals surface area contributed by atoms with E-state index in [2.05, 4.69) is 20.6 Å². The van der Waals surface area contributed by atoms with E-state index in [9.17, 15) is 4.79 Å². The lowest BCUT2D eigenvalue weighted by Gasteiger charge is -2.08. The lowest BCUT2D eigenvalue weighted by Crippen LogP contribution is -2.30. The third-order valence-electron chi connectivity index (χ3n) is 3.54. The summed E-state index contributed by atoms with van der Waals surface area (Å²) in [7, 11) is 0. The van der Waals surface area contributed by atoms with Gasteiger partial charge in [-0.3, -0.25) is 9.97 Å². The molecule has 2 N–H and O–H groups in total. The first-order valence-electron chi connectivity index (χ1n) is 7.76. The summed E-state index contributed by atoms with van der Waals surface area (Å²) in [4.78, 5) is 20.2. The molecule has 0 saturated heterocycles. The van der Waals surface area contributed by atoms with Gasteiger partial charge in [0.25, 0.3) is 0 Å². The van der Waals surface area contributed by atoms with E-state index in [0.29, 0.717) is 12.2 Å². The molecular formula is C19H18N4O. The van der Waals surface area contributed by atoms with E-state index in [-0.39, 0.29) is 6.03 Å². The third kappa shape index (κ3) is 4.39. The third-order valence-corrected chi connectivity index (χ3v) is 3.54. The molecule has 2 heterocycles. The molecule has 0 radical (unpaired) electrons. The molecule has 0 aliphatic rings. The number of anilines is 1. The molecule has 120 valence electrons. The van der Waals surface area contributed by atoms with Crippen LogP contribution in [0.4, 0.5) is 10.5 Å². The number of carbonyl (C=O) groups excluding carboxylic acids is 1.